The van der Waals surface area contributed by atoms with Crippen LogP contribution in [0.5, 0.6) is 0 Å². The van der Waals surface area contributed by atoms with E-state index in [1.54, 1.807) is 12.1 Å². The number of nitrogens with zero attached hydrogens (tertiary/aromatic N) is 1. The van der Waals surface area contributed by atoms with Crippen molar-refractivity contribution in [1.82, 2.24) is 20.6 Å². The molecule has 35 heavy (non-hydrogen) atoms. The number of benzene rings is 3. The van der Waals surface area contributed by atoms with Gasteiger partial charge in [0.1, 0.15) is 5.82 Å². The molecular formula is C27H29N5O2S. The number of unbranched alkanes of at least 4 members (excludes halogenated alkanes) is 1. The van der Waals surface area contributed by atoms with Crippen molar-refractivity contribution in [2.45, 2.75) is 30.2 Å². The monoisotopic (exact) mass is 487 g/mol. The Bertz CT molecular complexity index is 1220. The molecule has 4 aromatic rings. The number of hydrogen-bond donors (Lipinski definition) is 4. The van der Waals surface area contributed by atoms with Gasteiger partial charge in [0.15, 0.2) is 0 Å². The van der Waals surface area contributed by atoms with Crippen molar-refractivity contribution < 1.29 is 9.59 Å². The van der Waals surface area contributed by atoms with E-state index in [-0.39, 0.29) is 17.9 Å². The number of aromatic amines is 1. The van der Waals surface area contributed by atoms with Gasteiger partial charge < -0.3 is 21.4 Å². The number of H-pyrrole nitrogens is 1. The van der Waals surface area contributed by atoms with Crippen LogP contribution >= 0.6 is 11.8 Å². The molecule has 0 bridgehead atoms. The number of imidazole rings is 1. The van der Waals surface area contributed by atoms with Gasteiger partial charge in [-0.15, -0.1) is 11.8 Å². The Hall–Kier alpha value is -3.78. The molecule has 0 fully saturated rings. The number of anilines is 1. The molecule has 8 heteroatoms. The van der Waals surface area contributed by atoms with Gasteiger partial charge in [0, 0.05) is 22.7 Å². The summed E-state index contributed by atoms with van der Waals surface area (Å²) >= 11 is 1.48. The van der Waals surface area contributed by atoms with E-state index in [9.17, 15) is 9.59 Å². The zero-order valence-corrected chi connectivity index (χ0v) is 20.2. The predicted molar refractivity (Wildman–Crippen MR) is 141 cm³/mol. The van der Waals surface area contributed by atoms with Crippen LogP contribution in [0.1, 0.15) is 41.5 Å². The van der Waals surface area contributed by atoms with Crippen LogP contribution in [0.2, 0.25) is 0 Å². The van der Waals surface area contributed by atoms with Crippen LogP contribution in [0.25, 0.3) is 11.0 Å². The van der Waals surface area contributed by atoms with Gasteiger partial charge in [-0.25, -0.2) is 4.98 Å². The Morgan fingerprint density at radius 2 is 1.69 bits per heavy atom. The highest BCUT2D eigenvalue weighted by molar-refractivity contribution is 8.00. The molecule has 0 saturated heterocycles. The van der Waals surface area contributed by atoms with Gasteiger partial charge >= 0.3 is 0 Å². The zero-order chi connectivity index (χ0) is 24.5. The number of nitrogen functional groups attached to an aromatic ring is 1. The minimum atomic E-state index is -0.258. The van der Waals surface area contributed by atoms with Crippen molar-refractivity contribution in [3.05, 3.63) is 90.3 Å². The molecule has 0 radical (unpaired) electrons. The summed E-state index contributed by atoms with van der Waals surface area (Å²) in [7, 11) is 0. The lowest BCUT2D eigenvalue weighted by atomic mass is 10.1. The number of carbonyl (C=O) groups is 2. The van der Waals surface area contributed by atoms with E-state index in [1.165, 1.54) is 11.8 Å². The first-order valence-electron chi connectivity index (χ1n) is 11.6. The SMILES string of the molecule is Nc1ccc(SCC(=O)NCCCCC(NC(=O)c2ccccc2)c2nc3ccccc3[nH]2)cc1. The van der Waals surface area contributed by atoms with E-state index in [2.05, 4.69) is 15.6 Å². The highest BCUT2D eigenvalue weighted by Crippen LogP contribution is 2.21. The standard InChI is InChI=1S/C27H29N5O2S/c28-20-13-15-21(16-14-20)35-18-25(33)29-17-7-6-12-24(32-27(34)19-8-2-1-3-9-19)26-30-22-10-4-5-11-23(22)31-26/h1-5,8-11,13-16,24H,6-7,12,17-18,28H2,(H,29,33)(H,30,31)(H,32,34). The number of rotatable bonds is 11. The fourth-order valence-electron chi connectivity index (χ4n) is 3.71. The summed E-state index contributed by atoms with van der Waals surface area (Å²) in [6.07, 6.45) is 2.33. The maximum Gasteiger partial charge on any atom is 0.251 e. The number of nitrogens with one attached hydrogen (secondary N) is 3. The average Bonchev–Trinajstić information content (AvgIpc) is 3.32. The third-order valence-electron chi connectivity index (χ3n) is 5.57. The zero-order valence-electron chi connectivity index (χ0n) is 19.4. The molecule has 0 aliphatic rings. The Kier molecular flexibility index (Phi) is 8.40. The quantitative estimate of drug-likeness (QED) is 0.139. The van der Waals surface area contributed by atoms with Crippen LogP contribution in [0.3, 0.4) is 0 Å². The second kappa shape index (κ2) is 12.1. The lowest BCUT2D eigenvalue weighted by Crippen LogP contribution is -2.30. The van der Waals surface area contributed by atoms with E-state index in [0.29, 0.717) is 30.0 Å². The first kappa shape index (κ1) is 24.3. The number of fused-ring (bicyclic) bond motifs is 1. The van der Waals surface area contributed by atoms with Crippen molar-refractivity contribution in [3.8, 4) is 0 Å². The third-order valence-corrected chi connectivity index (χ3v) is 6.58. The van der Waals surface area contributed by atoms with E-state index in [4.69, 9.17) is 10.7 Å². The van der Waals surface area contributed by atoms with Crippen LogP contribution < -0.4 is 16.4 Å². The Balaban J connectivity index is 1.28. The van der Waals surface area contributed by atoms with Gasteiger partial charge in [0.25, 0.3) is 5.91 Å². The number of carbonyl (C=O) groups excluding carboxylic acids is 2. The molecule has 0 aliphatic heterocycles. The third kappa shape index (κ3) is 7.10. The molecule has 0 spiro atoms. The van der Waals surface area contributed by atoms with Crippen LogP contribution in [0.15, 0.2) is 83.8 Å². The maximum absolute atomic E-state index is 12.8. The van der Waals surface area contributed by atoms with Crippen LogP contribution in [-0.4, -0.2) is 34.1 Å². The molecule has 1 aromatic heterocycles. The molecular weight excluding hydrogens is 458 g/mol. The van der Waals surface area contributed by atoms with Crippen molar-refractivity contribution in [3.63, 3.8) is 0 Å². The summed E-state index contributed by atoms with van der Waals surface area (Å²) in [6.45, 7) is 0.584. The topological polar surface area (TPSA) is 113 Å². The summed E-state index contributed by atoms with van der Waals surface area (Å²) in [4.78, 5) is 34.0. The number of para-hydroxylation sites is 2. The highest BCUT2D eigenvalue weighted by Gasteiger charge is 2.19. The smallest absolute Gasteiger partial charge is 0.251 e. The van der Waals surface area contributed by atoms with Crippen molar-refractivity contribution >= 4 is 40.3 Å². The maximum atomic E-state index is 12.8. The predicted octanol–water partition coefficient (Wildman–Crippen LogP) is 4.70. The number of hydrogen-bond acceptors (Lipinski definition) is 5. The summed E-state index contributed by atoms with van der Waals surface area (Å²) in [5.74, 6) is 0.958. The molecule has 7 nitrogen and oxygen atoms in total. The molecule has 1 heterocycles. The molecule has 1 unspecified atom stereocenters. The second-order valence-electron chi connectivity index (χ2n) is 8.23. The Morgan fingerprint density at radius 1 is 0.943 bits per heavy atom. The molecule has 1 atom stereocenters. The van der Waals surface area contributed by atoms with Crippen LogP contribution in [0, 0.1) is 0 Å². The van der Waals surface area contributed by atoms with Gasteiger partial charge in [-0.3, -0.25) is 9.59 Å². The van der Waals surface area contributed by atoms with Gasteiger partial charge in [-0.05, 0) is 67.8 Å². The Labute approximate surface area is 208 Å². The molecule has 3 aromatic carbocycles. The fourth-order valence-corrected chi connectivity index (χ4v) is 4.44. The summed E-state index contributed by atoms with van der Waals surface area (Å²) in [5, 5.41) is 6.09. The van der Waals surface area contributed by atoms with E-state index < -0.39 is 0 Å². The van der Waals surface area contributed by atoms with Gasteiger partial charge in [-0.1, -0.05) is 30.3 Å². The second-order valence-corrected chi connectivity index (χ2v) is 9.28. The summed E-state index contributed by atoms with van der Waals surface area (Å²) < 4.78 is 0. The lowest BCUT2D eigenvalue weighted by Gasteiger charge is -2.17. The fraction of sp³-hybridized carbons (Fsp3) is 0.222. The van der Waals surface area contributed by atoms with Crippen LogP contribution in [-0.2, 0) is 4.79 Å². The summed E-state index contributed by atoms with van der Waals surface area (Å²) in [5.41, 5.74) is 8.82. The van der Waals surface area contributed by atoms with Crippen LogP contribution in [0.4, 0.5) is 5.69 Å². The van der Waals surface area contributed by atoms with Crippen molar-refractivity contribution in [1.29, 1.82) is 0 Å². The van der Waals surface area contributed by atoms with Crippen molar-refractivity contribution in [2.75, 3.05) is 18.0 Å². The van der Waals surface area contributed by atoms with E-state index in [1.807, 2.05) is 66.7 Å². The van der Waals surface area contributed by atoms with Gasteiger partial charge in [0.05, 0.1) is 22.8 Å². The first-order valence-corrected chi connectivity index (χ1v) is 12.6. The molecule has 4 rings (SSSR count). The van der Waals surface area contributed by atoms with Crippen molar-refractivity contribution in [2.24, 2.45) is 0 Å². The first-order chi connectivity index (χ1) is 17.1. The highest BCUT2D eigenvalue weighted by atomic mass is 32.2. The van der Waals surface area contributed by atoms with E-state index in [0.717, 1.165) is 34.6 Å². The minimum Gasteiger partial charge on any atom is -0.399 e. The summed E-state index contributed by atoms with van der Waals surface area (Å²) in [6, 6.07) is 24.2. The largest absolute Gasteiger partial charge is 0.399 e. The molecule has 180 valence electrons. The normalized spacial score (nSPS) is 11.8. The van der Waals surface area contributed by atoms with Gasteiger partial charge in [-0.2, -0.15) is 0 Å². The molecule has 2 amide bonds. The Morgan fingerprint density at radius 3 is 2.46 bits per heavy atom. The number of nitrogens with two attached hydrogens (primary N) is 1. The number of aromatic nitrogens is 2. The molecule has 5 N–H and O–H groups in total. The van der Waals surface area contributed by atoms with Gasteiger partial charge in [0.2, 0.25) is 5.91 Å². The lowest BCUT2D eigenvalue weighted by molar-refractivity contribution is -0.118. The molecule has 0 saturated carbocycles. The average molecular weight is 488 g/mol. The van der Waals surface area contributed by atoms with E-state index >= 15 is 0 Å². The molecule has 0 aliphatic carbocycles. The number of amides is 2. The number of thioether (sulfide) groups is 1. The minimum absolute atomic E-state index is 0.00182.